The van der Waals surface area contributed by atoms with Crippen LogP contribution in [0.3, 0.4) is 0 Å². The first-order valence-corrected chi connectivity index (χ1v) is 8.25. The van der Waals surface area contributed by atoms with Gasteiger partial charge in [0.25, 0.3) is 0 Å². The van der Waals surface area contributed by atoms with Crippen molar-refractivity contribution in [2.75, 3.05) is 0 Å². The van der Waals surface area contributed by atoms with Crippen molar-refractivity contribution in [1.29, 1.82) is 0 Å². The second kappa shape index (κ2) is 6.37. The van der Waals surface area contributed by atoms with E-state index in [1.807, 2.05) is 6.92 Å². The second-order valence-corrected chi connectivity index (χ2v) is 8.91. The third-order valence-corrected chi connectivity index (χ3v) is 5.32. The Labute approximate surface area is 136 Å². The standard InChI is InChI=1S/C10H8Cl5NO2S/c1-6-2-4-7(5-3-6)19(17,18)8(10(13,14)15)16-9(11)12/h2-5,8H,1H3. The Hall–Kier alpha value is 0.290. The predicted octanol–water partition coefficient (Wildman–Crippen LogP) is 4.30. The number of hydrogen-bond donors (Lipinski definition) is 0. The van der Waals surface area contributed by atoms with E-state index in [1.54, 1.807) is 12.1 Å². The van der Waals surface area contributed by atoms with Crippen molar-refractivity contribution >= 4 is 72.5 Å². The summed E-state index contributed by atoms with van der Waals surface area (Å²) >= 11 is 27.7. The Bertz CT molecular complexity index is 573. The summed E-state index contributed by atoms with van der Waals surface area (Å²) in [6, 6.07) is 6.03. The normalized spacial score (nSPS) is 14.0. The first kappa shape index (κ1) is 17.3. The van der Waals surface area contributed by atoms with E-state index in [0.717, 1.165) is 5.56 Å². The van der Waals surface area contributed by atoms with E-state index >= 15 is 0 Å². The number of hydrogen-bond acceptors (Lipinski definition) is 3. The second-order valence-electron chi connectivity index (χ2n) is 3.62. The molecule has 3 nitrogen and oxygen atoms in total. The molecule has 0 aliphatic carbocycles. The molecule has 0 saturated heterocycles. The molecule has 1 unspecified atom stereocenters. The van der Waals surface area contributed by atoms with Gasteiger partial charge in [-0.2, -0.15) is 0 Å². The third-order valence-electron chi connectivity index (χ3n) is 2.14. The highest BCUT2D eigenvalue weighted by atomic mass is 35.6. The summed E-state index contributed by atoms with van der Waals surface area (Å²) in [6.45, 7) is 1.82. The van der Waals surface area contributed by atoms with Crippen molar-refractivity contribution in [3.63, 3.8) is 0 Å². The van der Waals surface area contributed by atoms with Gasteiger partial charge in [0.1, 0.15) is 0 Å². The number of benzene rings is 1. The van der Waals surface area contributed by atoms with E-state index in [2.05, 4.69) is 4.99 Å². The van der Waals surface area contributed by atoms with Crippen LogP contribution in [0.25, 0.3) is 0 Å². The van der Waals surface area contributed by atoms with Crippen LogP contribution >= 0.6 is 58.0 Å². The average molecular weight is 384 g/mol. The summed E-state index contributed by atoms with van der Waals surface area (Å²) < 4.78 is 22.0. The zero-order chi connectivity index (χ0) is 14.8. The van der Waals surface area contributed by atoms with E-state index in [9.17, 15) is 8.42 Å². The quantitative estimate of drug-likeness (QED) is 0.577. The number of rotatable bonds is 3. The molecule has 1 rings (SSSR count). The first-order chi connectivity index (χ1) is 8.55. The van der Waals surface area contributed by atoms with Crippen LogP contribution in [0.15, 0.2) is 34.2 Å². The molecular formula is C10H8Cl5NO2S. The molecule has 0 saturated carbocycles. The minimum atomic E-state index is -4.02. The molecule has 0 amide bonds. The van der Waals surface area contributed by atoms with Gasteiger partial charge >= 0.3 is 0 Å². The zero-order valence-corrected chi connectivity index (χ0v) is 14.0. The van der Waals surface area contributed by atoms with Crippen molar-refractivity contribution in [1.82, 2.24) is 0 Å². The molecule has 1 aromatic carbocycles. The molecule has 106 valence electrons. The van der Waals surface area contributed by atoms with E-state index in [-0.39, 0.29) is 4.90 Å². The number of nitrogens with zero attached hydrogens (tertiary/aromatic N) is 1. The van der Waals surface area contributed by atoms with Gasteiger partial charge < -0.3 is 0 Å². The predicted molar refractivity (Wildman–Crippen MR) is 81.6 cm³/mol. The maximum absolute atomic E-state index is 12.3. The van der Waals surface area contributed by atoms with Crippen molar-refractivity contribution in [2.24, 2.45) is 4.99 Å². The molecule has 0 N–H and O–H groups in total. The van der Waals surface area contributed by atoms with Crippen molar-refractivity contribution in [3.05, 3.63) is 29.8 Å². The van der Waals surface area contributed by atoms with Crippen LogP contribution in [0.1, 0.15) is 5.56 Å². The minimum absolute atomic E-state index is 0.0345. The van der Waals surface area contributed by atoms with Crippen LogP contribution in [0, 0.1) is 6.92 Å². The maximum Gasteiger partial charge on any atom is 0.227 e. The first-order valence-electron chi connectivity index (χ1n) is 4.81. The fourth-order valence-corrected chi connectivity index (χ4v) is 4.15. The number of aryl methyl sites for hydroxylation is 1. The van der Waals surface area contributed by atoms with E-state index < -0.39 is 23.6 Å². The van der Waals surface area contributed by atoms with Gasteiger partial charge in [-0.3, -0.25) is 0 Å². The number of alkyl halides is 3. The van der Waals surface area contributed by atoms with Crippen LogP contribution in [-0.4, -0.2) is 22.2 Å². The topological polar surface area (TPSA) is 46.5 Å². The van der Waals surface area contributed by atoms with Crippen molar-refractivity contribution in [3.8, 4) is 0 Å². The Morgan fingerprint density at radius 1 is 1.16 bits per heavy atom. The summed E-state index contributed by atoms with van der Waals surface area (Å²) in [5.41, 5.74) is 0.892. The number of sulfone groups is 1. The average Bonchev–Trinajstić information content (AvgIpc) is 2.24. The summed E-state index contributed by atoms with van der Waals surface area (Å²) in [7, 11) is -4.02. The van der Waals surface area contributed by atoms with Gasteiger partial charge in [0.05, 0.1) is 4.90 Å². The van der Waals surface area contributed by atoms with Crippen LogP contribution < -0.4 is 0 Å². The SMILES string of the molecule is Cc1ccc(S(=O)(=O)C(N=C(Cl)Cl)C(Cl)(Cl)Cl)cc1. The Morgan fingerprint density at radius 3 is 2.00 bits per heavy atom. The molecule has 0 spiro atoms. The third kappa shape index (κ3) is 4.66. The van der Waals surface area contributed by atoms with Gasteiger partial charge in [0.15, 0.2) is 4.63 Å². The minimum Gasteiger partial charge on any atom is -0.238 e. The number of halogens is 5. The molecule has 1 atom stereocenters. The lowest BCUT2D eigenvalue weighted by Crippen LogP contribution is -2.33. The van der Waals surface area contributed by atoms with E-state index in [1.165, 1.54) is 12.1 Å². The van der Waals surface area contributed by atoms with Gasteiger partial charge in [-0.15, -0.1) is 0 Å². The van der Waals surface area contributed by atoms with Crippen LogP contribution in [0.4, 0.5) is 0 Å². The van der Waals surface area contributed by atoms with Crippen LogP contribution in [0.5, 0.6) is 0 Å². The van der Waals surface area contributed by atoms with Crippen LogP contribution in [0.2, 0.25) is 0 Å². The fourth-order valence-electron chi connectivity index (χ4n) is 1.26. The lowest BCUT2D eigenvalue weighted by Gasteiger charge is -2.20. The van der Waals surface area contributed by atoms with E-state index in [0.29, 0.717) is 0 Å². The molecule has 0 aliphatic rings. The smallest absolute Gasteiger partial charge is 0.227 e. The Balaban J connectivity index is 3.36. The van der Waals surface area contributed by atoms with Crippen LogP contribution in [-0.2, 0) is 9.84 Å². The molecule has 19 heavy (non-hydrogen) atoms. The Kier molecular flexibility index (Phi) is 5.82. The van der Waals surface area contributed by atoms with Gasteiger partial charge in [-0.05, 0) is 42.3 Å². The fraction of sp³-hybridized carbons (Fsp3) is 0.300. The molecular weight excluding hydrogens is 375 g/mol. The lowest BCUT2D eigenvalue weighted by atomic mass is 10.2. The molecule has 0 radical (unpaired) electrons. The highest BCUT2D eigenvalue weighted by Crippen LogP contribution is 2.38. The van der Waals surface area contributed by atoms with E-state index in [4.69, 9.17) is 58.0 Å². The molecule has 1 aromatic rings. The molecule has 0 heterocycles. The largest absolute Gasteiger partial charge is 0.238 e. The van der Waals surface area contributed by atoms with Crippen molar-refractivity contribution in [2.45, 2.75) is 21.0 Å². The monoisotopic (exact) mass is 381 g/mol. The summed E-state index contributed by atoms with van der Waals surface area (Å²) in [5.74, 6) is 0. The van der Waals surface area contributed by atoms with Gasteiger partial charge in [-0.25, -0.2) is 13.4 Å². The lowest BCUT2D eigenvalue weighted by molar-refractivity contribution is 0.582. The molecule has 0 bridgehead atoms. The highest BCUT2D eigenvalue weighted by molar-refractivity contribution is 7.92. The van der Waals surface area contributed by atoms with Gasteiger partial charge in [-0.1, -0.05) is 52.5 Å². The molecule has 0 aliphatic heterocycles. The van der Waals surface area contributed by atoms with Gasteiger partial charge in [0.2, 0.25) is 19.0 Å². The highest BCUT2D eigenvalue weighted by Gasteiger charge is 2.43. The molecule has 0 aromatic heterocycles. The Morgan fingerprint density at radius 2 is 1.63 bits per heavy atom. The maximum atomic E-state index is 12.3. The number of aliphatic imine (C=N–C) groups is 1. The zero-order valence-electron chi connectivity index (χ0n) is 9.45. The van der Waals surface area contributed by atoms with Gasteiger partial charge in [0, 0.05) is 0 Å². The summed E-state index contributed by atoms with van der Waals surface area (Å²) in [6.07, 6.45) is 0. The molecule has 0 fully saturated rings. The summed E-state index contributed by atoms with van der Waals surface area (Å²) in [5, 5.41) is -1.72. The molecule has 9 heteroatoms. The summed E-state index contributed by atoms with van der Waals surface area (Å²) in [4.78, 5) is 3.45. The van der Waals surface area contributed by atoms with Crippen molar-refractivity contribution < 1.29 is 8.42 Å².